The molecular weight excluding hydrogens is 301 g/mol. The van der Waals surface area contributed by atoms with Crippen molar-refractivity contribution in [2.45, 2.75) is 13.3 Å². The molecule has 0 fully saturated rings. The minimum atomic E-state index is -3.96. The topological polar surface area (TPSA) is 108 Å². The summed E-state index contributed by atoms with van der Waals surface area (Å²) in [7, 11) is -2.25. The first kappa shape index (κ1) is 18.3. The van der Waals surface area contributed by atoms with Crippen LogP contribution in [-0.2, 0) is 4.57 Å². The van der Waals surface area contributed by atoms with Gasteiger partial charge in [-0.2, -0.15) is 0 Å². The van der Waals surface area contributed by atoms with Crippen molar-refractivity contribution in [3.8, 4) is 0 Å². The minimum Gasteiger partial charge on any atom is -0.384 e. The molecule has 1 rings (SSSR count). The third-order valence-corrected chi connectivity index (χ3v) is 3.86. The van der Waals surface area contributed by atoms with E-state index < -0.39 is 7.60 Å². The number of hydrogen-bond acceptors (Lipinski definition) is 3. The van der Waals surface area contributed by atoms with Crippen LogP contribution in [0.15, 0.2) is 52.0 Å². The van der Waals surface area contributed by atoms with Crippen LogP contribution in [0.3, 0.4) is 0 Å². The van der Waals surface area contributed by atoms with E-state index >= 15 is 0 Å². The van der Waals surface area contributed by atoms with E-state index in [0.717, 1.165) is 16.8 Å². The number of nitrogens with two attached hydrogens (primary N) is 1. The first-order valence-corrected chi connectivity index (χ1v) is 8.68. The Kier molecular flexibility index (Phi) is 7.18. The highest BCUT2D eigenvalue weighted by atomic mass is 31.2. The van der Waals surface area contributed by atoms with E-state index in [0.29, 0.717) is 12.3 Å². The fraction of sp³-hybridized carbons (Fsp3) is 0.333. The smallest absolute Gasteiger partial charge is 0.325 e. The molecule has 22 heavy (non-hydrogen) atoms. The monoisotopic (exact) mass is 323 g/mol. The van der Waals surface area contributed by atoms with Crippen LogP contribution in [0.1, 0.15) is 18.9 Å². The summed E-state index contributed by atoms with van der Waals surface area (Å²) in [4.78, 5) is 25.9. The van der Waals surface area contributed by atoms with E-state index in [2.05, 4.69) is 9.98 Å². The zero-order chi connectivity index (χ0) is 16.6. The molecule has 0 radical (unpaired) electrons. The van der Waals surface area contributed by atoms with Crippen LogP contribution in [0.5, 0.6) is 0 Å². The lowest BCUT2D eigenvalue weighted by Gasteiger charge is -2.05. The molecule has 0 aliphatic heterocycles. The Hall–Kier alpha value is -1.75. The number of aliphatic imine (C=N–C) groups is 2. The fourth-order valence-electron chi connectivity index (χ4n) is 1.77. The zero-order valence-corrected chi connectivity index (χ0v) is 13.7. The van der Waals surface area contributed by atoms with Crippen molar-refractivity contribution in [3.05, 3.63) is 47.5 Å². The molecule has 0 saturated carbocycles. The van der Waals surface area contributed by atoms with Gasteiger partial charge in [-0.3, -0.25) is 14.5 Å². The average molecular weight is 323 g/mol. The van der Waals surface area contributed by atoms with Crippen molar-refractivity contribution < 1.29 is 14.4 Å². The van der Waals surface area contributed by atoms with Crippen molar-refractivity contribution >= 4 is 19.1 Å². The lowest BCUT2D eigenvalue weighted by Crippen LogP contribution is -2.15. The largest absolute Gasteiger partial charge is 0.384 e. The van der Waals surface area contributed by atoms with Gasteiger partial charge in [-0.05, 0) is 30.6 Å². The van der Waals surface area contributed by atoms with Crippen molar-refractivity contribution in [1.82, 2.24) is 0 Å². The summed E-state index contributed by atoms with van der Waals surface area (Å²) in [6.45, 7) is 2.11. The molecule has 0 amide bonds. The lowest BCUT2D eigenvalue weighted by atomic mass is 10.1. The fourth-order valence-corrected chi connectivity index (χ4v) is 2.32. The molecule has 1 aromatic carbocycles. The second-order valence-corrected chi connectivity index (χ2v) is 6.59. The van der Waals surface area contributed by atoms with Crippen LogP contribution >= 0.6 is 7.60 Å². The van der Waals surface area contributed by atoms with Gasteiger partial charge in [-0.15, -0.1) is 0 Å². The van der Waals surface area contributed by atoms with Crippen LogP contribution in [0.2, 0.25) is 0 Å². The molecule has 7 heteroatoms. The van der Waals surface area contributed by atoms with Crippen molar-refractivity contribution in [3.63, 3.8) is 0 Å². The lowest BCUT2D eigenvalue weighted by molar-refractivity contribution is 0.372. The molecule has 0 saturated heterocycles. The molecule has 0 aliphatic rings. The number of allylic oxidation sites excluding steroid dienone is 1. The van der Waals surface area contributed by atoms with E-state index in [9.17, 15) is 4.57 Å². The van der Waals surface area contributed by atoms with E-state index in [-0.39, 0.29) is 12.7 Å². The molecule has 0 aromatic heterocycles. The molecule has 0 bridgehead atoms. The number of nitrogens with zero attached hydrogens (tertiary/aromatic N) is 2. The van der Waals surface area contributed by atoms with Gasteiger partial charge in [-0.1, -0.05) is 30.3 Å². The molecule has 1 aromatic rings. The normalized spacial score (nSPS) is 14.3. The van der Waals surface area contributed by atoms with Gasteiger partial charge in [0.25, 0.3) is 0 Å². The number of amidine groups is 1. The van der Waals surface area contributed by atoms with Gasteiger partial charge in [0.2, 0.25) is 0 Å². The van der Waals surface area contributed by atoms with E-state index in [1.165, 1.54) is 0 Å². The first-order valence-electron chi connectivity index (χ1n) is 6.89. The summed E-state index contributed by atoms with van der Waals surface area (Å²) < 4.78 is 10.7. The van der Waals surface area contributed by atoms with Gasteiger partial charge in [-0.25, -0.2) is 0 Å². The summed E-state index contributed by atoms with van der Waals surface area (Å²) >= 11 is 0. The molecule has 0 spiro atoms. The van der Waals surface area contributed by atoms with E-state index in [4.69, 9.17) is 15.5 Å². The SMILES string of the molecule is C\N=C(/C=C(C)\C(N)=N\CCCP(=O)(O)O)c1ccccc1. The van der Waals surface area contributed by atoms with Crippen molar-refractivity contribution in [2.75, 3.05) is 19.8 Å². The summed E-state index contributed by atoms with van der Waals surface area (Å²) in [6.07, 6.45) is 1.96. The highest BCUT2D eigenvalue weighted by Gasteiger charge is 2.11. The number of benzene rings is 1. The van der Waals surface area contributed by atoms with Crippen LogP contribution in [0.4, 0.5) is 0 Å². The Morgan fingerprint density at radius 2 is 1.95 bits per heavy atom. The average Bonchev–Trinajstić information content (AvgIpc) is 2.48. The zero-order valence-electron chi connectivity index (χ0n) is 12.8. The van der Waals surface area contributed by atoms with Crippen LogP contribution < -0.4 is 5.73 Å². The number of hydrogen-bond donors (Lipinski definition) is 3. The maximum Gasteiger partial charge on any atom is 0.325 e. The second kappa shape index (κ2) is 8.63. The predicted molar refractivity (Wildman–Crippen MR) is 90.7 cm³/mol. The van der Waals surface area contributed by atoms with Gasteiger partial charge >= 0.3 is 7.60 Å². The van der Waals surface area contributed by atoms with Gasteiger partial charge in [0.05, 0.1) is 11.9 Å². The standard InChI is InChI=1S/C15H22N3O3P/c1-12(15(16)18-9-6-10-22(19,20)21)11-14(17-2)13-7-4-3-5-8-13/h3-5,7-8,11H,6,9-10H2,1-2H3,(H2,16,18)(H2,19,20,21)/b12-11-,17-14+. The van der Waals surface area contributed by atoms with E-state index in [1.54, 1.807) is 7.05 Å². The van der Waals surface area contributed by atoms with Crippen LogP contribution in [-0.4, -0.2) is 41.1 Å². The van der Waals surface area contributed by atoms with Gasteiger partial charge in [0.1, 0.15) is 5.84 Å². The number of rotatable bonds is 7. The third-order valence-electron chi connectivity index (χ3n) is 2.96. The molecule has 6 nitrogen and oxygen atoms in total. The Morgan fingerprint density at radius 3 is 2.50 bits per heavy atom. The van der Waals surface area contributed by atoms with Crippen LogP contribution in [0.25, 0.3) is 0 Å². The maximum absolute atomic E-state index is 10.7. The molecular formula is C15H22N3O3P. The summed E-state index contributed by atoms with van der Waals surface area (Å²) in [5.74, 6) is 0.350. The van der Waals surface area contributed by atoms with Crippen molar-refractivity contribution in [2.24, 2.45) is 15.7 Å². The third kappa shape index (κ3) is 6.80. The summed E-state index contributed by atoms with van der Waals surface area (Å²) in [5.41, 5.74) is 8.43. The summed E-state index contributed by atoms with van der Waals surface area (Å²) in [6, 6.07) is 9.72. The Balaban J connectivity index is 2.72. The van der Waals surface area contributed by atoms with E-state index in [1.807, 2.05) is 43.3 Å². The Bertz CT molecular complexity index is 618. The molecule has 0 atom stereocenters. The maximum atomic E-state index is 10.7. The minimum absolute atomic E-state index is 0.182. The van der Waals surface area contributed by atoms with Gasteiger partial charge in [0.15, 0.2) is 0 Å². The molecule has 0 unspecified atom stereocenters. The molecule has 4 N–H and O–H groups in total. The Morgan fingerprint density at radius 1 is 1.32 bits per heavy atom. The van der Waals surface area contributed by atoms with Crippen molar-refractivity contribution in [1.29, 1.82) is 0 Å². The highest BCUT2D eigenvalue weighted by Crippen LogP contribution is 2.34. The predicted octanol–water partition coefficient (Wildman–Crippen LogP) is 1.98. The Labute approximate surface area is 130 Å². The summed E-state index contributed by atoms with van der Waals surface area (Å²) in [5, 5.41) is 0. The second-order valence-electron chi connectivity index (χ2n) is 4.81. The molecule has 120 valence electrons. The van der Waals surface area contributed by atoms with Crippen LogP contribution in [0, 0.1) is 0 Å². The van der Waals surface area contributed by atoms with Gasteiger partial charge < -0.3 is 15.5 Å². The van der Waals surface area contributed by atoms with Gasteiger partial charge in [0, 0.05) is 13.6 Å². The molecule has 0 heterocycles. The highest BCUT2D eigenvalue weighted by molar-refractivity contribution is 7.51. The quantitative estimate of drug-likeness (QED) is 0.308. The molecule has 0 aliphatic carbocycles. The first-order chi connectivity index (χ1) is 10.3.